The topological polar surface area (TPSA) is 30.9 Å². The maximum Gasteiger partial charge on any atom is 0.170 e. The van der Waals surface area contributed by atoms with E-state index in [1.54, 1.807) is 0 Å². The van der Waals surface area contributed by atoms with E-state index < -0.39 is 0 Å². The zero-order valence-corrected chi connectivity index (χ0v) is 19.6. The summed E-state index contributed by atoms with van der Waals surface area (Å²) in [5, 5.41) is 0. The third-order valence-electron chi connectivity index (χ3n) is 5.88. The molecule has 3 aromatic carbocycles. The average Bonchev–Trinajstić information content (AvgIpc) is 3.37. The molecule has 3 aromatic rings. The number of rotatable bonds is 10. The van der Waals surface area contributed by atoms with Gasteiger partial charge in [-0.3, -0.25) is 4.90 Å². The van der Waals surface area contributed by atoms with Crippen molar-refractivity contribution in [3.8, 4) is 5.75 Å². The highest BCUT2D eigenvalue weighted by Gasteiger charge is 2.17. The van der Waals surface area contributed by atoms with E-state index in [-0.39, 0.29) is 6.29 Å². The van der Waals surface area contributed by atoms with E-state index in [1.165, 1.54) is 27.8 Å². The zero-order chi connectivity index (χ0) is 22.9. The Morgan fingerprint density at radius 2 is 1.39 bits per heavy atom. The van der Waals surface area contributed by atoms with Crippen molar-refractivity contribution in [2.75, 3.05) is 40.0 Å². The van der Waals surface area contributed by atoms with Crippen LogP contribution in [-0.2, 0) is 9.47 Å². The van der Waals surface area contributed by atoms with Crippen LogP contribution in [0.2, 0.25) is 0 Å². The van der Waals surface area contributed by atoms with Crippen molar-refractivity contribution in [2.24, 2.45) is 0 Å². The molecule has 0 radical (unpaired) electrons. The van der Waals surface area contributed by atoms with E-state index in [4.69, 9.17) is 14.2 Å². The molecule has 1 fully saturated rings. The first kappa shape index (κ1) is 23.2. The number of nitrogens with zero attached hydrogens (tertiary/aromatic N) is 1. The van der Waals surface area contributed by atoms with Crippen LogP contribution in [0.15, 0.2) is 84.9 Å². The largest absolute Gasteiger partial charge is 0.492 e. The predicted octanol–water partition coefficient (Wildman–Crippen LogP) is 5.74. The lowest BCUT2D eigenvalue weighted by molar-refractivity contribution is -0.0590. The Morgan fingerprint density at radius 3 is 2.00 bits per heavy atom. The van der Waals surface area contributed by atoms with Crippen LogP contribution in [0, 0.1) is 0 Å². The number of allylic oxidation sites excluding steroid dienone is 1. The highest BCUT2D eigenvalue weighted by atomic mass is 16.7. The molecule has 0 unspecified atom stereocenters. The minimum absolute atomic E-state index is 0.116. The molecule has 33 heavy (non-hydrogen) atoms. The summed E-state index contributed by atoms with van der Waals surface area (Å²) < 4.78 is 17.0. The maximum atomic E-state index is 6.01. The van der Waals surface area contributed by atoms with Crippen molar-refractivity contribution in [1.82, 2.24) is 4.90 Å². The van der Waals surface area contributed by atoms with Crippen molar-refractivity contribution in [3.63, 3.8) is 0 Å². The van der Waals surface area contributed by atoms with Gasteiger partial charge in [0.15, 0.2) is 6.29 Å². The van der Waals surface area contributed by atoms with E-state index in [0.717, 1.165) is 25.3 Å². The minimum Gasteiger partial charge on any atom is -0.492 e. The Bertz CT molecular complexity index is 1010. The smallest absolute Gasteiger partial charge is 0.170 e. The van der Waals surface area contributed by atoms with Crippen LogP contribution in [0.25, 0.3) is 11.1 Å². The van der Waals surface area contributed by atoms with Crippen molar-refractivity contribution in [2.45, 2.75) is 19.6 Å². The van der Waals surface area contributed by atoms with Gasteiger partial charge < -0.3 is 14.2 Å². The normalized spacial score (nSPS) is 15.0. The summed E-state index contributed by atoms with van der Waals surface area (Å²) >= 11 is 0. The van der Waals surface area contributed by atoms with Crippen LogP contribution in [-0.4, -0.2) is 51.1 Å². The van der Waals surface area contributed by atoms with Gasteiger partial charge in [0.2, 0.25) is 0 Å². The van der Waals surface area contributed by atoms with Crippen molar-refractivity contribution in [3.05, 3.63) is 102 Å². The van der Waals surface area contributed by atoms with Gasteiger partial charge in [-0.25, -0.2) is 0 Å². The van der Waals surface area contributed by atoms with Gasteiger partial charge in [-0.1, -0.05) is 79.7 Å². The molecule has 1 heterocycles. The standard InChI is InChI=1S/C29H33NO3/c1-3-27(23-10-6-4-7-11-23)29(24-12-8-5-9-13-24)25-14-16-26(17-15-25)31-19-18-30(2)22-28-32-20-21-33-28/h4-17,28H,3,18-22H2,1-2H3/b29-27-. The minimum atomic E-state index is -0.116. The highest BCUT2D eigenvalue weighted by molar-refractivity contribution is 5.98. The quantitative estimate of drug-likeness (QED) is 0.374. The van der Waals surface area contributed by atoms with E-state index in [1.807, 2.05) is 0 Å². The van der Waals surface area contributed by atoms with Crippen molar-refractivity contribution < 1.29 is 14.2 Å². The van der Waals surface area contributed by atoms with Gasteiger partial charge in [-0.05, 0) is 53.4 Å². The van der Waals surface area contributed by atoms with Crippen molar-refractivity contribution >= 4 is 11.1 Å². The molecule has 1 aliphatic heterocycles. The lowest BCUT2D eigenvalue weighted by atomic mass is 9.88. The first-order valence-electron chi connectivity index (χ1n) is 11.7. The number of ether oxygens (including phenoxy) is 3. The van der Waals surface area contributed by atoms with Crippen LogP contribution in [0.3, 0.4) is 0 Å². The molecule has 4 rings (SSSR count). The van der Waals surface area contributed by atoms with Gasteiger partial charge in [0.05, 0.1) is 13.2 Å². The summed E-state index contributed by atoms with van der Waals surface area (Å²) in [5.41, 5.74) is 6.30. The van der Waals surface area contributed by atoms with Gasteiger partial charge in [0, 0.05) is 13.1 Å². The van der Waals surface area contributed by atoms with Crippen molar-refractivity contribution in [1.29, 1.82) is 0 Å². The zero-order valence-electron chi connectivity index (χ0n) is 19.6. The molecule has 4 heteroatoms. The third kappa shape index (κ3) is 6.32. The van der Waals surface area contributed by atoms with Gasteiger partial charge in [0.1, 0.15) is 12.4 Å². The molecule has 0 aromatic heterocycles. The number of hydrogen-bond donors (Lipinski definition) is 0. The Kier molecular flexibility index (Phi) is 8.31. The van der Waals surface area contributed by atoms with Crippen LogP contribution in [0.4, 0.5) is 0 Å². The van der Waals surface area contributed by atoms with Crippen LogP contribution in [0.1, 0.15) is 30.0 Å². The lowest BCUT2D eigenvalue weighted by Crippen LogP contribution is -2.32. The summed E-state index contributed by atoms with van der Waals surface area (Å²) in [6, 6.07) is 29.8. The van der Waals surface area contributed by atoms with Gasteiger partial charge in [0.25, 0.3) is 0 Å². The summed E-state index contributed by atoms with van der Waals surface area (Å²) in [6.45, 7) is 5.78. The SMILES string of the molecule is CC/C(=C(\c1ccccc1)c1ccc(OCCN(C)CC2OCCO2)cc1)c1ccccc1. The number of likely N-dealkylation sites (N-methyl/N-ethyl adjacent to an activating group) is 1. The van der Waals surface area contributed by atoms with Crippen LogP contribution >= 0.6 is 0 Å². The van der Waals surface area contributed by atoms with Gasteiger partial charge in [-0.2, -0.15) is 0 Å². The second-order valence-electron chi connectivity index (χ2n) is 8.25. The fraction of sp³-hybridized carbons (Fsp3) is 0.310. The Hall–Kier alpha value is -2.92. The average molecular weight is 444 g/mol. The maximum absolute atomic E-state index is 6.01. The first-order chi connectivity index (χ1) is 16.2. The summed E-state index contributed by atoms with van der Waals surface area (Å²) in [6.07, 6.45) is 0.836. The molecule has 0 saturated carbocycles. The summed E-state index contributed by atoms with van der Waals surface area (Å²) in [7, 11) is 2.06. The fourth-order valence-electron chi connectivity index (χ4n) is 4.18. The van der Waals surface area contributed by atoms with Crippen LogP contribution < -0.4 is 4.74 Å². The van der Waals surface area contributed by atoms with E-state index in [0.29, 0.717) is 19.8 Å². The molecule has 1 aliphatic rings. The molecule has 0 atom stereocenters. The van der Waals surface area contributed by atoms with E-state index in [9.17, 15) is 0 Å². The molecule has 0 spiro atoms. The third-order valence-corrected chi connectivity index (χ3v) is 5.88. The molecule has 0 bridgehead atoms. The van der Waals surface area contributed by atoms with E-state index in [2.05, 4.69) is 104 Å². The number of benzene rings is 3. The second kappa shape index (κ2) is 11.8. The summed E-state index contributed by atoms with van der Waals surface area (Å²) in [4.78, 5) is 2.17. The predicted molar refractivity (Wildman–Crippen MR) is 134 cm³/mol. The molecule has 0 N–H and O–H groups in total. The molecular formula is C29H33NO3. The Morgan fingerprint density at radius 1 is 0.818 bits per heavy atom. The van der Waals surface area contributed by atoms with Gasteiger partial charge in [-0.15, -0.1) is 0 Å². The molecule has 1 saturated heterocycles. The van der Waals surface area contributed by atoms with Crippen LogP contribution in [0.5, 0.6) is 5.75 Å². The number of hydrogen-bond acceptors (Lipinski definition) is 4. The molecule has 0 amide bonds. The fourth-order valence-corrected chi connectivity index (χ4v) is 4.18. The first-order valence-corrected chi connectivity index (χ1v) is 11.7. The second-order valence-corrected chi connectivity index (χ2v) is 8.25. The molecule has 0 aliphatic carbocycles. The molecular weight excluding hydrogens is 410 g/mol. The lowest BCUT2D eigenvalue weighted by Gasteiger charge is -2.20. The monoisotopic (exact) mass is 443 g/mol. The Labute approximate surface area is 197 Å². The highest BCUT2D eigenvalue weighted by Crippen LogP contribution is 2.34. The molecule has 172 valence electrons. The van der Waals surface area contributed by atoms with Gasteiger partial charge >= 0.3 is 0 Å². The summed E-state index contributed by atoms with van der Waals surface area (Å²) in [5.74, 6) is 0.880. The molecule has 4 nitrogen and oxygen atoms in total. The Balaban J connectivity index is 1.49. The van der Waals surface area contributed by atoms with E-state index >= 15 is 0 Å².